The second-order valence-corrected chi connectivity index (χ2v) is 10.8. The molecule has 36 heavy (non-hydrogen) atoms. The number of nitrogens with one attached hydrogen (secondary N) is 1. The van der Waals surface area contributed by atoms with E-state index in [-0.39, 0.29) is 42.3 Å². The third-order valence-corrected chi connectivity index (χ3v) is 7.93. The molecule has 196 valence electrons. The molecule has 0 radical (unpaired) electrons. The lowest BCUT2D eigenvalue weighted by Crippen LogP contribution is -2.58. The first-order valence-corrected chi connectivity index (χ1v) is 13.6. The molecule has 1 saturated heterocycles. The van der Waals surface area contributed by atoms with Crippen molar-refractivity contribution in [2.75, 3.05) is 32.8 Å². The second kappa shape index (κ2) is 12.3. The third kappa shape index (κ3) is 7.25. The molecule has 1 unspecified atom stereocenters. The van der Waals surface area contributed by atoms with E-state index in [9.17, 15) is 18.0 Å². The van der Waals surface area contributed by atoms with Crippen molar-refractivity contribution in [1.82, 2.24) is 9.62 Å². The number of carbonyl (C=O) groups excluding carboxylic acids is 2. The molecule has 1 aliphatic heterocycles. The van der Waals surface area contributed by atoms with Gasteiger partial charge in [0.15, 0.2) is 5.96 Å². The zero-order valence-electron chi connectivity index (χ0n) is 20.6. The van der Waals surface area contributed by atoms with Crippen LogP contribution in [0.1, 0.15) is 32.6 Å². The molecule has 0 aliphatic carbocycles. The highest BCUT2D eigenvalue weighted by Gasteiger charge is 2.38. The summed E-state index contributed by atoms with van der Waals surface area (Å²) < 4.78 is 34.7. The van der Waals surface area contributed by atoms with Gasteiger partial charge in [0.1, 0.15) is 11.8 Å². The molecule has 10 nitrogen and oxygen atoms in total. The lowest BCUT2D eigenvalue weighted by Gasteiger charge is -2.38. The molecule has 1 atom stereocenters. The van der Waals surface area contributed by atoms with E-state index in [0.717, 1.165) is 10.8 Å². The summed E-state index contributed by atoms with van der Waals surface area (Å²) in [6, 6.07) is 12.3. The van der Waals surface area contributed by atoms with E-state index in [1.165, 1.54) is 6.07 Å². The maximum absolute atomic E-state index is 13.4. The molecule has 1 aliphatic rings. The topological polar surface area (TPSA) is 157 Å². The number of hydrogen-bond donors (Lipinski definition) is 3. The number of piperidine rings is 1. The molecule has 3 rings (SSSR count). The molecule has 11 heteroatoms. The van der Waals surface area contributed by atoms with Crippen LogP contribution in [0.2, 0.25) is 0 Å². The van der Waals surface area contributed by atoms with Gasteiger partial charge in [-0.2, -0.15) is 4.72 Å². The first-order chi connectivity index (χ1) is 17.2. The van der Waals surface area contributed by atoms with Gasteiger partial charge in [-0.25, -0.2) is 8.42 Å². The van der Waals surface area contributed by atoms with Crippen LogP contribution in [0.15, 0.2) is 52.4 Å². The Morgan fingerprint density at radius 2 is 1.89 bits per heavy atom. The third-order valence-electron chi connectivity index (χ3n) is 6.38. The number of rotatable bonds is 12. The quantitative estimate of drug-likeness (QED) is 0.125. The van der Waals surface area contributed by atoms with Crippen molar-refractivity contribution in [3.63, 3.8) is 0 Å². The SMILES string of the molecule is CCOC(=O)C1CCN(CC(C=O)(CCCN=C(N)N)NS(=O)(=O)c2ccc3ccccc3c2)CC1. The van der Waals surface area contributed by atoms with Gasteiger partial charge in [0.2, 0.25) is 10.0 Å². The van der Waals surface area contributed by atoms with Gasteiger partial charge in [-0.05, 0) is 68.6 Å². The zero-order chi connectivity index (χ0) is 26.2. The lowest BCUT2D eigenvalue weighted by atomic mass is 9.92. The van der Waals surface area contributed by atoms with Crippen molar-refractivity contribution in [2.24, 2.45) is 22.4 Å². The summed E-state index contributed by atoms with van der Waals surface area (Å²) in [5.41, 5.74) is 9.43. The van der Waals surface area contributed by atoms with Gasteiger partial charge in [0.25, 0.3) is 0 Å². The molecule has 0 aromatic heterocycles. The van der Waals surface area contributed by atoms with E-state index < -0.39 is 15.6 Å². The van der Waals surface area contributed by atoms with Gasteiger partial charge in [0, 0.05) is 13.1 Å². The van der Waals surface area contributed by atoms with Crippen LogP contribution in [0.5, 0.6) is 0 Å². The standard InChI is InChI=1S/C25H35N5O5S/c1-2-35-23(32)20-10-14-30(15-11-20)17-25(18-31,12-5-13-28-24(26)27)29-36(33,34)22-9-8-19-6-3-4-7-21(19)16-22/h3-4,6-9,16,18,20,29H,2,5,10-15,17H2,1H3,(H4,26,27,28). The van der Waals surface area contributed by atoms with E-state index in [0.29, 0.717) is 45.2 Å². The van der Waals surface area contributed by atoms with Crippen molar-refractivity contribution in [2.45, 2.75) is 43.0 Å². The smallest absolute Gasteiger partial charge is 0.309 e. The van der Waals surface area contributed by atoms with Crippen LogP contribution in [0.4, 0.5) is 0 Å². The van der Waals surface area contributed by atoms with E-state index in [1.807, 2.05) is 29.2 Å². The predicted octanol–water partition coefficient (Wildman–Crippen LogP) is 1.38. The van der Waals surface area contributed by atoms with E-state index in [2.05, 4.69) is 9.71 Å². The number of esters is 1. The normalized spacial score (nSPS) is 16.8. The molecule has 0 spiro atoms. The summed E-state index contributed by atoms with van der Waals surface area (Å²) in [4.78, 5) is 30.6. The zero-order valence-corrected chi connectivity index (χ0v) is 21.4. The van der Waals surface area contributed by atoms with Gasteiger partial charge < -0.3 is 25.9 Å². The van der Waals surface area contributed by atoms with Crippen molar-refractivity contribution in [3.8, 4) is 0 Å². The van der Waals surface area contributed by atoms with Crippen LogP contribution in [0, 0.1) is 5.92 Å². The van der Waals surface area contributed by atoms with Crippen LogP contribution in [0.25, 0.3) is 10.8 Å². The second-order valence-electron chi connectivity index (χ2n) is 9.10. The molecular formula is C25H35N5O5S. The number of hydrogen-bond acceptors (Lipinski definition) is 7. The average molecular weight is 518 g/mol. The first kappa shape index (κ1) is 27.6. The number of sulfonamides is 1. The van der Waals surface area contributed by atoms with Crippen molar-refractivity contribution in [3.05, 3.63) is 42.5 Å². The molecule has 1 fully saturated rings. The van der Waals surface area contributed by atoms with E-state index in [1.54, 1.807) is 19.1 Å². The Morgan fingerprint density at radius 3 is 2.53 bits per heavy atom. The number of aldehydes is 1. The van der Waals surface area contributed by atoms with Crippen molar-refractivity contribution >= 4 is 39.0 Å². The molecule has 5 N–H and O–H groups in total. The van der Waals surface area contributed by atoms with E-state index >= 15 is 0 Å². The van der Waals surface area contributed by atoms with Crippen LogP contribution in [-0.4, -0.2) is 69.9 Å². The maximum Gasteiger partial charge on any atom is 0.309 e. The number of benzene rings is 2. The number of carbonyl (C=O) groups is 2. The molecule has 0 amide bonds. The fourth-order valence-corrected chi connectivity index (χ4v) is 5.93. The number of nitrogens with zero attached hydrogens (tertiary/aromatic N) is 2. The monoisotopic (exact) mass is 517 g/mol. The average Bonchev–Trinajstić information content (AvgIpc) is 2.86. The number of nitrogens with two attached hydrogens (primary N) is 2. The highest BCUT2D eigenvalue weighted by Crippen LogP contribution is 2.25. The minimum atomic E-state index is -4.02. The van der Waals surface area contributed by atoms with Crippen LogP contribution in [0.3, 0.4) is 0 Å². The number of likely N-dealkylation sites (tertiary alicyclic amines) is 1. The van der Waals surface area contributed by atoms with Gasteiger partial charge >= 0.3 is 5.97 Å². The fourth-order valence-electron chi connectivity index (χ4n) is 4.53. The van der Waals surface area contributed by atoms with Gasteiger partial charge in [-0.3, -0.25) is 9.79 Å². The number of guanidine groups is 1. The summed E-state index contributed by atoms with van der Waals surface area (Å²) in [7, 11) is -4.02. The molecule has 2 aromatic carbocycles. The van der Waals surface area contributed by atoms with Gasteiger partial charge in [0.05, 0.1) is 17.4 Å². The Balaban J connectivity index is 1.80. The summed E-state index contributed by atoms with van der Waals surface area (Å²) in [6.07, 6.45) is 2.44. The summed E-state index contributed by atoms with van der Waals surface area (Å²) in [5, 5.41) is 1.70. The molecule has 1 heterocycles. The van der Waals surface area contributed by atoms with Gasteiger partial charge in [-0.1, -0.05) is 30.3 Å². The number of aliphatic imine (C=N–C) groups is 1. The minimum absolute atomic E-state index is 0.0653. The largest absolute Gasteiger partial charge is 0.466 e. The van der Waals surface area contributed by atoms with Crippen molar-refractivity contribution in [1.29, 1.82) is 0 Å². The number of ether oxygens (including phenoxy) is 1. The number of fused-ring (bicyclic) bond motifs is 1. The first-order valence-electron chi connectivity index (χ1n) is 12.1. The Kier molecular flexibility index (Phi) is 9.41. The predicted molar refractivity (Wildman–Crippen MR) is 139 cm³/mol. The van der Waals surface area contributed by atoms with Crippen LogP contribution < -0.4 is 16.2 Å². The molecule has 0 saturated carbocycles. The Labute approximate surface area is 212 Å². The molecule has 0 bridgehead atoms. The highest BCUT2D eigenvalue weighted by molar-refractivity contribution is 7.89. The van der Waals surface area contributed by atoms with Crippen LogP contribution >= 0.6 is 0 Å². The highest BCUT2D eigenvalue weighted by atomic mass is 32.2. The van der Waals surface area contributed by atoms with E-state index in [4.69, 9.17) is 16.2 Å². The van der Waals surface area contributed by atoms with Crippen LogP contribution in [-0.2, 0) is 24.3 Å². The Bertz CT molecular complexity index is 1190. The summed E-state index contributed by atoms with van der Waals surface area (Å²) in [5.74, 6) is -0.472. The molecule has 2 aromatic rings. The van der Waals surface area contributed by atoms with Gasteiger partial charge in [-0.15, -0.1) is 0 Å². The summed E-state index contributed by atoms with van der Waals surface area (Å²) in [6.45, 7) is 3.63. The molecular weight excluding hydrogens is 482 g/mol. The Hall–Kier alpha value is -3.02. The minimum Gasteiger partial charge on any atom is -0.466 e. The summed E-state index contributed by atoms with van der Waals surface area (Å²) >= 11 is 0. The maximum atomic E-state index is 13.4. The van der Waals surface area contributed by atoms with Crippen molar-refractivity contribution < 1.29 is 22.7 Å². The lowest BCUT2D eigenvalue weighted by molar-refractivity contribution is -0.149. The fraction of sp³-hybridized carbons (Fsp3) is 0.480. The Morgan fingerprint density at radius 1 is 1.19 bits per heavy atom.